The summed E-state index contributed by atoms with van der Waals surface area (Å²) in [6.07, 6.45) is 6.81. The Bertz CT molecular complexity index is 2830. The summed E-state index contributed by atoms with van der Waals surface area (Å²) in [6, 6.07) is 24.3. The molecule has 0 atom stereocenters. The number of benzene rings is 4. The largest absolute Gasteiger partial charge is 1.00 e. The molecule has 61 heavy (non-hydrogen) atoms. The highest BCUT2D eigenvalue weighted by atomic mass is 35.5. The Morgan fingerprint density at radius 3 is 1.41 bits per heavy atom. The van der Waals surface area contributed by atoms with Crippen LogP contribution in [0.15, 0.2) is 104 Å². The molecule has 4 aromatic heterocycles. The first-order chi connectivity index (χ1) is 28.8. The minimum Gasteiger partial charge on any atom is -1.00 e. The van der Waals surface area contributed by atoms with E-state index in [1.807, 2.05) is 45.0 Å². The Kier molecular flexibility index (Phi) is 15.7. The maximum absolute atomic E-state index is 14.5. The van der Waals surface area contributed by atoms with Crippen molar-refractivity contribution >= 4 is 55.2 Å². The topological polar surface area (TPSA) is 61.3 Å². The van der Waals surface area contributed by atoms with Crippen molar-refractivity contribution < 1.29 is 44.2 Å². The summed E-state index contributed by atoms with van der Waals surface area (Å²) < 4.78 is 67.6. The average Bonchev–Trinajstić information content (AvgIpc) is 3.85. The number of rotatable bonds is 8. The van der Waals surface area contributed by atoms with Crippen LogP contribution in [-0.2, 0) is 9.47 Å². The van der Waals surface area contributed by atoms with Crippen LogP contribution < -0.4 is 12.4 Å². The smallest absolute Gasteiger partial charge is 0.153 e. The van der Waals surface area contributed by atoms with Crippen molar-refractivity contribution in [1.82, 2.24) is 9.97 Å². The Hall–Kier alpha value is -5.72. The van der Waals surface area contributed by atoms with E-state index >= 15 is 0 Å². The monoisotopic (exact) mass is 881 g/mol. The number of hydrogen-bond acceptors (Lipinski definition) is 7. The molecule has 0 saturated heterocycles. The Morgan fingerprint density at radius 1 is 0.607 bits per heavy atom. The number of aromatic nitrogens is 2. The third-order valence-corrected chi connectivity index (χ3v) is 11.7. The van der Waals surface area contributed by atoms with Gasteiger partial charge in [-0.05, 0) is 112 Å². The summed E-state index contributed by atoms with van der Waals surface area (Å²) >= 11 is 2.85. The average molecular weight is 882 g/mol. The van der Waals surface area contributed by atoms with Crippen molar-refractivity contribution in [3.05, 3.63) is 160 Å². The molecule has 0 radical (unpaired) electrons. The number of methoxy groups -OCH3 is 2. The number of aldehydes is 1. The van der Waals surface area contributed by atoms with Gasteiger partial charge in [-0.3, -0.25) is 14.8 Å². The number of carbonyl (C=O) groups is 1. The van der Waals surface area contributed by atoms with E-state index in [1.165, 1.54) is 54.3 Å². The van der Waals surface area contributed by atoms with Crippen LogP contribution in [0.5, 0.6) is 0 Å². The molecule has 5 nitrogen and oxygen atoms in total. The van der Waals surface area contributed by atoms with Gasteiger partial charge in [0, 0.05) is 75.8 Å². The zero-order valence-corrected chi connectivity index (χ0v) is 36.9. The van der Waals surface area contributed by atoms with Crippen molar-refractivity contribution in [2.24, 2.45) is 0 Å². The second kappa shape index (κ2) is 20.7. The van der Waals surface area contributed by atoms with E-state index in [4.69, 9.17) is 4.74 Å². The molecule has 0 N–H and O–H groups in total. The van der Waals surface area contributed by atoms with E-state index in [0.717, 1.165) is 88.6 Å². The molecule has 4 heterocycles. The van der Waals surface area contributed by atoms with Gasteiger partial charge in [-0.1, -0.05) is 34.4 Å². The van der Waals surface area contributed by atoms with E-state index in [9.17, 15) is 22.4 Å². The van der Waals surface area contributed by atoms with Gasteiger partial charge in [0.1, 0.15) is 23.3 Å². The van der Waals surface area contributed by atoms with Crippen molar-refractivity contribution in [2.45, 2.75) is 34.6 Å². The molecule has 0 bridgehead atoms. The van der Waals surface area contributed by atoms with Crippen LogP contribution in [0.3, 0.4) is 0 Å². The molecule has 0 aliphatic rings. The summed E-state index contributed by atoms with van der Waals surface area (Å²) in [5.41, 5.74) is 9.22. The number of carbonyl (C=O) groups excluding carboxylic acids is 1. The van der Waals surface area contributed by atoms with E-state index in [0.29, 0.717) is 22.3 Å². The molecule has 0 aliphatic heterocycles. The van der Waals surface area contributed by atoms with E-state index in [1.54, 1.807) is 19.5 Å². The number of fused-ring (bicyclic) bond motifs is 2. The predicted molar refractivity (Wildman–Crippen MR) is 239 cm³/mol. The first-order valence-corrected chi connectivity index (χ1v) is 20.5. The molecular formula is C49H42ClF4N2O3S2-. The van der Waals surface area contributed by atoms with Gasteiger partial charge in [0.25, 0.3) is 0 Å². The first-order valence-electron chi connectivity index (χ1n) is 18.9. The fourth-order valence-electron chi connectivity index (χ4n) is 6.83. The van der Waals surface area contributed by atoms with Gasteiger partial charge in [-0.2, -0.15) is 0 Å². The van der Waals surface area contributed by atoms with Gasteiger partial charge < -0.3 is 21.9 Å². The Morgan fingerprint density at radius 2 is 1.02 bits per heavy atom. The maximum atomic E-state index is 14.5. The predicted octanol–water partition coefficient (Wildman–Crippen LogP) is 11.1. The highest BCUT2D eigenvalue weighted by Gasteiger charge is 2.18. The number of aryl methyl sites for hydroxylation is 4. The number of nitrogens with zero attached hydrogens (tertiary/aromatic N) is 2. The summed E-state index contributed by atoms with van der Waals surface area (Å²) in [5, 5.41) is 1.90. The molecule has 314 valence electrons. The zero-order chi connectivity index (χ0) is 43.1. The van der Waals surface area contributed by atoms with Gasteiger partial charge >= 0.3 is 0 Å². The molecule has 8 rings (SSSR count). The summed E-state index contributed by atoms with van der Waals surface area (Å²) in [5.74, 6) is -2.81. The second-order valence-electron chi connectivity index (χ2n) is 14.1. The van der Waals surface area contributed by atoms with Crippen LogP contribution in [0.4, 0.5) is 17.6 Å². The first kappa shape index (κ1) is 46.3. The fourth-order valence-corrected chi connectivity index (χ4v) is 9.22. The Balaban J connectivity index is 0.000000210. The number of hydrogen-bond donors (Lipinski definition) is 0. The number of pyridine rings is 2. The highest BCUT2D eigenvalue weighted by molar-refractivity contribution is 7.23. The van der Waals surface area contributed by atoms with Crippen LogP contribution in [0.25, 0.3) is 69.6 Å². The minimum atomic E-state index is -0.856. The number of ether oxygens (including phenoxy) is 2. The molecule has 12 heteroatoms. The lowest BCUT2D eigenvalue weighted by molar-refractivity contribution is -0.0000218. The third kappa shape index (κ3) is 10.8. The lowest BCUT2D eigenvalue weighted by Gasteiger charge is -2.06. The molecule has 0 unspecified atom stereocenters. The minimum absolute atomic E-state index is 0. The van der Waals surface area contributed by atoms with Crippen LogP contribution in [0.1, 0.15) is 45.1 Å². The van der Waals surface area contributed by atoms with Crippen molar-refractivity contribution in [3.8, 4) is 43.4 Å². The lowest BCUT2D eigenvalue weighted by atomic mass is 10.0. The molecule has 0 fully saturated rings. The van der Waals surface area contributed by atoms with Crippen molar-refractivity contribution in [3.63, 3.8) is 0 Å². The van der Waals surface area contributed by atoms with Gasteiger partial charge in [-0.25, -0.2) is 17.6 Å². The highest BCUT2D eigenvalue weighted by Crippen LogP contribution is 2.42. The summed E-state index contributed by atoms with van der Waals surface area (Å²) in [4.78, 5) is 21.9. The maximum Gasteiger partial charge on any atom is 0.153 e. The quantitative estimate of drug-likeness (QED) is 0.0864. The normalized spacial score (nSPS) is 10.9. The van der Waals surface area contributed by atoms with E-state index < -0.39 is 23.3 Å². The molecule has 4 aromatic carbocycles. The van der Waals surface area contributed by atoms with Crippen LogP contribution in [-0.4, -0.2) is 37.1 Å². The van der Waals surface area contributed by atoms with E-state index in [-0.39, 0.29) is 23.5 Å². The van der Waals surface area contributed by atoms with Gasteiger partial charge in [0.05, 0.1) is 39.7 Å². The summed E-state index contributed by atoms with van der Waals surface area (Å²) in [6.45, 7) is 10.9. The molecule has 0 amide bonds. The second-order valence-corrected chi connectivity index (χ2v) is 16.2. The van der Waals surface area contributed by atoms with Gasteiger partial charge in [-0.15, -0.1) is 22.7 Å². The lowest BCUT2D eigenvalue weighted by Crippen LogP contribution is -3.00. The number of thiophene rings is 2. The van der Waals surface area contributed by atoms with Crippen molar-refractivity contribution in [2.75, 3.05) is 20.8 Å². The molecule has 0 spiro atoms. The third-order valence-electron chi connectivity index (χ3n) is 9.35. The molecular weight excluding hydrogens is 840 g/mol. The number of halogens is 5. The van der Waals surface area contributed by atoms with Crippen LogP contribution in [0.2, 0.25) is 0 Å². The fraction of sp³-hybridized carbons (Fsp3) is 0.163. The van der Waals surface area contributed by atoms with Crippen molar-refractivity contribution in [1.29, 1.82) is 0 Å². The summed E-state index contributed by atoms with van der Waals surface area (Å²) in [7, 11) is 3.17. The SMILES string of the molecule is CCOC.COC=Cc1c(F)cc(F)cc1-c1cc2ccnc(-c3cc(C)cc(C)c3)c2s1.Cc1cc(C)cc(-c2nccc3cc(-c4cc(F)cc(F)c4C=O)sc23)c1.[Cl-]. The van der Waals surface area contributed by atoms with E-state index in [2.05, 4.69) is 65.0 Å². The molecule has 0 aliphatic carbocycles. The molecule has 0 saturated carbocycles. The molecule has 8 aromatic rings. The van der Waals surface area contributed by atoms with Gasteiger partial charge in [0.2, 0.25) is 0 Å². The standard InChI is InChI=1S/C24H19F2NOS.C22H15F2NOS.C3H8O.ClH/c1-14-8-15(2)10-17(9-14)23-24-16(4-6-27-23)11-22(29-24)20-12-18(25)13-21(26)19(20)5-7-28-3;1-12-5-13(2)7-15(6-12)21-22-14(3-4-25-21)8-20(27-22)17-9-16(23)10-19(24)18(17)11-26;1-3-4-2;/h4-13H,1-3H3;3-11H,1-2H3;3H2,1-2H3;1H/p-1. The zero-order valence-electron chi connectivity index (χ0n) is 34.5. The van der Waals surface area contributed by atoms with Gasteiger partial charge in [0.15, 0.2) is 6.29 Å². The van der Waals surface area contributed by atoms with Crippen LogP contribution in [0, 0.1) is 51.0 Å². The Labute approximate surface area is 366 Å². The van der Waals surface area contributed by atoms with Crippen LogP contribution >= 0.6 is 22.7 Å².